The van der Waals surface area contributed by atoms with Crippen LogP contribution in [0.15, 0.2) is 0 Å². The van der Waals surface area contributed by atoms with Crippen LogP contribution in [-0.2, 0) is 17.8 Å². The lowest BCUT2D eigenvalue weighted by Crippen LogP contribution is -2.34. The van der Waals surface area contributed by atoms with Gasteiger partial charge in [0.25, 0.3) is 5.91 Å². The van der Waals surface area contributed by atoms with Gasteiger partial charge in [0.15, 0.2) is 5.69 Å². The molecule has 2 rings (SSSR count). The molecule has 118 valence electrons. The average molecular weight is 316 g/mol. The Kier molecular flexibility index (Phi) is 6.64. The summed E-state index contributed by atoms with van der Waals surface area (Å²) in [7, 11) is 0. The number of H-pyrrole nitrogens is 1. The van der Waals surface area contributed by atoms with Gasteiger partial charge in [-0.3, -0.25) is 14.7 Å². The molecule has 2 amide bonds. The molecular weight excluding hydrogens is 294 g/mol. The maximum Gasteiger partial charge on any atom is 0.272 e. The molecule has 0 aromatic carbocycles. The van der Waals surface area contributed by atoms with Crippen LogP contribution < -0.4 is 16.0 Å². The van der Waals surface area contributed by atoms with Crippen LogP contribution in [0.2, 0.25) is 0 Å². The Hall–Kier alpha value is -1.60. The number of nitrogens with zero attached hydrogens (tertiary/aromatic N) is 1. The Morgan fingerprint density at radius 2 is 2.14 bits per heavy atom. The molecule has 0 fully saturated rings. The van der Waals surface area contributed by atoms with Crippen molar-refractivity contribution < 1.29 is 9.59 Å². The van der Waals surface area contributed by atoms with Gasteiger partial charge in [-0.25, -0.2) is 0 Å². The molecule has 0 atom stereocenters. The van der Waals surface area contributed by atoms with Crippen molar-refractivity contribution in [2.75, 3.05) is 13.1 Å². The summed E-state index contributed by atoms with van der Waals surface area (Å²) < 4.78 is 0. The number of aromatic amines is 1. The highest BCUT2D eigenvalue weighted by molar-refractivity contribution is 5.94. The first-order valence-corrected chi connectivity index (χ1v) is 6.92. The summed E-state index contributed by atoms with van der Waals surface area (Å²) in [6.45, 7) is 5.67. The van der Waals surface area contributed by atoms with E-state index < -0.39 is 0 Å². The summed E-state index contributed by atoms with van der Waals surface area (Å²) in [5.41, 5.74) is 2.38. The van der Waals surface area contributed by atoms with Crippen LogP contribution in [0.4, 0.5) is 0 Å². The first-order valence-electron chi connectivity index (χ1n) is 6.92. The smallest absolute Gasteiger partial charge is 0.272 e. The Labute approximate surface area is 130 Å². The van der Waals surface area contributed by atoms with E-state index in [1.807, 2.05) is 13.8 Å². The fourth-order valence-corrected chi connectivity index (χ4v) is 2.18. The number of carbonyl (C=O) groups excluding carboxylic acids is 2. The summed E-state index contributed by atoms with van der Waals surface area (Å²) in [6.07, 6.45) is 1.13. The number of hydrogen-bond acceptors (Lipinski definition) is 4. The van der Waals surface area contributed by atoms with Crippen molar-refractivity contribution in [3.05, 3.63) is 17.0 Å². The van der Waals surface area contributed by atoms with Crippen molar-refractivity contribution in [3.63, 3.8) is 0 Å². The molecule has 0 bridgehead atoms. The van der Waals surface area contributed by atoms with Crippen molar-refractivity contribution in [1.29, 1.82) is 0 Å². The first kappa shape index (κ1) is 17.5. The monoisotopic (exact) mass is 315 g/mol. The summed E-state index contributed by atoms with van der Waals surface area (Å²) in [4.78, 5) is 23.5. The molecular formula is C13H22ClN5O2. The van der Waals surface area contributed by atoms with Gasteiger partial charge in [-0.1, -0.05) is 0 Å². The van der Waals surface area contributed by atoms with E-state index in [-0.39, 0.29) is 36.7 Å². The molecule has 0 saturated carbocycles. The fraction of sp³-hybridized carbons (Fsp3) is 0.615. The average Bonchev–Trinajstić information content (AvgIpc) is 2.81. The number of aromatic nitrogens is 2. The topological polar surface area (TPSA) is 98.9 Å². The molecule has 0 aliphatic carbocycles. The third-order valence-corrected chi connectivity index (χ3v) is 3.11. The Morgan fingerprint density at radius 3 is 2.86 bits per heavy atom. The van der Waals surface area contributed by atoms with Gasteiger partial charge in [0, 0.05) is 49.8 Å². The Morgan fingerprint density at radius 1 is 1.38 bits per heavy atom. The molecule has 0 saturated heterocycles. The van der Waals surface area contributed by atoms with Crippen molar-refractivity contribution in [2.45, 2.75) is 39.3 Å². The number of nitrogens with one attached hydrogen (secondary N) is 4. The van der Waals surface area contributed by atoms with Gasteiger partial charge in [-0.15, -0.1) is 12.4 Å². The molecule has 1 aliphatic heterocycles. The van der Waals surface area contributed by atoms with Gasteiger partial charge in [-0.05, 0) is 13.8 Å². The van der Waals surface area contributed by atoms with Crippen LogP contribution in [-0.4, -0.2) is 41.1 Å². The molecule has 8 heteroatoms. The van der Waals surface area contributed by atoms with E-state index in [9.17, 15) is 9.59 Å². The fourth-order valence-electron chi connectivity index (χ4n) is 2.18. The molecule has 0 radical (unpaired) electrons. The number of carbonyl (C=O) groups is 2. The molecule has 1 aliphatic rings. The number of hydrogen-bond donors (Lipinski definition) is 4. The van der Waals surface area contributed by atoms with E-state index in [2.05, 4.69) is 26.1 Å². The summed E-state index contributed by atoms with van der Waals surface area (Å²) in [5, 5.41) is 15.7. The quantitative estimate of drug-likeness (QED) is 0.620. The van der Waals surface area contributed by atoms with Crippen molar-refractivity contribution in [1.82, 2.24) is 26.1 Å². The first-order chi connectivity index (χ1) is 9.58. The minimum Gasteiger partial charge on any atom is -0.354 e. The highest BCUT2D eigenvalue weighted by Gasteiger charge is 2.21. The van der Waals surface area contributed by atoms with Crippen LogP contribution in [0, 0.1) is 0 Å². The lowest BCUT2D eigenvalue weighted by atomic mass is 10.1. The minimum atomic E-state index is -0.233. The normalized spacial score (nSPS) is 13.3. The molecule has 21 heavy (non-hydrogen) atoms. The predicted molar refractivity (Wildman–Crippen MR) is 81.5 cm³/mol. The lowest BCUT2D eigenvalue weighted by molar-refractivity contribution is -0.121. The van der Waals surface area contributed by atoms with Gasteiger partial charge in [-0.2, -0.15) is 5.10 Å². The van der Waals surface area contributed by atoms with Crippen LogP contribution >= 0.6 is 12.4 Å². The molecule has 0 unspecified atom stereocenters. The van der Waals surface area contributed by atoms with Gasteiger partial charge < -0.3 is 16.0 Å². The van der Waals surface area contributed by atoms with E-state index >= 15 is 0 Å². The van der Waals surface area contributed by atoms with E-state index in [0.717, 1.165) is 24.2 Å². The van der Waals surface area contributed by atoms with Crippen LogP contribution in [0.3, 0.4) is 0 Å². The highest BCUT2D eigenvalue weighted by Crippen LogP contribution is 2.14. The van der Waals surface area contributed by atoms with Gasteiger partial charge in [0.05, 0.1) is 0 Å². The second-order valence-electron chi connectivity index (χ2n) is 5.18. The van der Waals surface area contributed by atoms with Crippen LogP contribution in [0.25, 0.3) is 0 Å². The van der Waals surface area contributed by atoms with Crippen molar-refractivity contribution in [3.8, 4) is 0 Å². The molecule has 7 nitrogen and oxygen atoms in total. The standard InChI is InChI=1S/C13H21N5O2.ClH/c1-8(2)16-11(19)4-6-15-13(20)12-9-7-14-5-3-10(9)17-18-12;/h8,14H,3-7H2,1-2H3,(H,15,20)(H,16,19)(H,17,18);1H. The van der Waals surface area contributed by atoms with Gasteiger partial charge in [0.1, 0.15) is 0 Å². The second-order valence-corrected chi connectivity index (χ2v) is 5.18. The molecule has 1 aromatic heterocycles. The van der Waals surface area contributed by atoms with Crippen molar-refractivity contribution in [2.24, 2.45) is 0 Å². The summed E-state index contributed by atoms with van der Waals surface area (Å²) in [6, 6.07) is 0.114. The molecule has 1 aromatic rings. The van der Waals surface area contributed by atoms with E-state index in [1.54, 1.807) is 0 Å². The number of amides is 2. The van der Waals surface area contributed by atoms with Crippen molar-refractivity contribution >= 4 is 24.2 Å². The molecule has 4 N–H and O–H groups in total. The second kappa shape index (κ2) is 7.99. The molecule has 2 heterocycles. The van der Waals surface area contributed by atoms with Gasteiger partial charge >= 0.3 is 0 Å². The summed E-state index contributed by atoms with van der Waals surface area (Å²) in [5.74, 6) is -0.297. The zero-order valence-electron chi connectivity index (χ0n) is 12.3. The van der Waals surface area contributed by atoms with E-state index in [1.165, 1.54) is 0 Å². The number of rotatable bonds is 5. The predicted octanol–water partition coefficient (Wildman–Crippen LogP) is 0.122. The van der Waals surface area contributed by atoms with Crippen LogP contribution in [0.1, 0.15) is 42.0 Å². The molecule has 0 spiro atoms. The number of halogens is 1. The lowest BCUT2D eigenvalue weighted by Gasteiger charge is -2.13. The van der Waals surface area contributed by atoms with E-state index in [0.29, 0.717) is 18.8 Å². The largest absolute Gasteiger partial charge is 0.354 e. The minimum absolute atomic E-state index is 0. The van der Waals surface area contributed by atoms with Gasteiger partial charge in [0.2, 0.25) is 5.91 Å². The van der Waals surface area contributed by atoms with E-state index in [4.69, 9.17) is 0 Å². The highest BCUT2D eigenvalue weighted by atomic mass is 35.5. The third-order valence-electron chi connectivity index (χ3n) is 3.11. The SMILES string of the molecule is CC(C)NC(=O)CCNC(=O)c1n[nH]c2c1CNCC2.Cl. The zero-order chi connectivity index (χ0) is 14.5. The maximum atomic E-state index is 12.0. The Balaban J connectivity index is 0.00000220. The maximum absolute atomic E-state index is 12.0. The summed E-state index contributed by atoms with van der Waals surface area (Å²) >= 11 is 0. The zero-order valence-corrected chi connectivity index (χ0v) is 13.1. The third kappa shape index (κ3) is 4.71. The van der Waals surface area contributed by atoms with Crippen LogP contribution in [0.5, 0.6) is 0 Å². The number of fused-ring (bicyclic) bond motifs is 1. The Bertz CT molecular complexity index is 501.